The maximum Gasteiger partial charge on any atom is 0.315 e. The van der Waals surface area contributed by atoms with E-state index in [1.54, 1.807) is 4.68 Å². The van der Waals surface area contributed by atoms with E-state index in [9.17, 15) is 4.79 Å². The lowest BCUT2D eigenvalue weighted by Gasteiger charge is -2.18. The molecule has 0 aliphatic heterocycles. The second kappa shape index (κ2) is 6.98. The van der Waals surface area contributed by atoms with Gasteiger partial charge in [-0.25, -0.2) is 4.79 Å². The number of amides is 2. The molecule has 3 rings (SSSR count). The number of rotatable bonds is 7. The highest BCUT2D eigenvalue weighted by molar-refractivity contribution is 5.74. The first kappa shape index (κ1) is 16.4. The van der Waals surface area contributed by atoms with Crippen molar-refractivity contribution in [2.24, 2.45) is 5.41 Å². The number of aromatic nitrogens is 4. The van der Waals surface area contributed by atoms with Crippen LogP contribution in [0.15, 0.2) is 30.3 Å². The van der Waals surface area contributed by atoms with Crippen LogP contribution in [0.25, 0.3) is 5.69 Å². The molecule has 0 bridgehead atoms. The fourth-order valence-corrected chi connectivity index (χ4v) is 3.02. The number of hydrogen-bond donors (Lipinski definition) is 2. The Hall–Kier alpha value is -2.44. The van der Waals surface area contributed by atoms with Crippen molar-refractivity contribution in [2.45, 2.75) is 45.6 Å². The third-order valence-corrected chi connectivity index (χ3v) is 4.59. The number of carbonyl (C=O) groups excluding carboxylic acids is 1. The van der Waals surface area contributed by atoms with Crippen LogP contribution in [-0.2, 0) is 0 Å². The van der Waals surface area contributed by atoms with Crippen molar-refractivity contribution in [3.63, 3.8) is 0 Å². The third kappa shape index (κ3) is 3.72. The zero-order valence-electron chi connectivity index (χ0n) is 14.2. The molecule has 1 heterocycles. The minimum absolute atomic E-state index is 0.174. The highest BCUT2D eigenvalue weighted by Crippen LogP contribution is 2.48. The summed E-state index contributed by atoms with van der Waals surface area (Å²) >= 11 is 0. The number of nitrogens with zero attached hydrogens (tertiary/aromatic N) is 4. The van der Waals surface area contributed by atoms with Crippen molar-refractivity contribution in [3.05, 3.63) is 36.2 Å². The van der Waals surface area contributed by atoms with E-state index < -0.39 is 0 Å². The first-order chi connectivity index (χ1) is 11.6. The topological polar surface area (TPSA) is 84.7 Å². The molecule has 128 valence electrons. The van der Waals surface area contributed by atoms with Crippen molar-refractivity contribution in [3.8, 4) is 5.69 Å². The summed E-state index contributed by atoms with van der Waals surface area (Å²) in [5.74, 6) is 0.603. The van der Waals surface area contributed by atoms with Crippen LogP contribution in [0.4, 0.5) is 4.79 Å². The zero-order valence-corrected chi connectivity index (χ0v) is 14.2. The first-order valence-corrected chi connectivity index (χ1v) is 8.52. The van der Waals surface area contributed by atoms with Crippen LogP contribution in [0, 0.1) is 5.41 Å². The number of nitrogens with one attached hydrogen (secondary N) is 2. The fraction of sp³-hybridized carbons (Fsp3) is 0.529. The van der Waals surface area contributed by atoms with Crippen molar-refractivity contribution < 1.29 is 4.79 Å². The Balaban J connectivity index is 1.58. The van der Waals surface area contributed by atoms with E-state index in [0.717, 1.165) is 18.7 Å². The van der Waals surface area contributed by atoms with Crippen LogP contribution in [0.1, 0.15) is 51.4 Å². The van der Waals surface area contributed by atoms with Crippen molar-refractivity contribution in [1.82, 2.24) is 30.8 Å². The smallest absolute Gasteiger partial charge is 0.315 e. The Morgan fingerprint density at radius 2 is 2.08 bits per heavy atom. The first-order valence-electron chi connectivity index (χ1n) is 8.52. The predicted octanol–water partition coefficient (Wildman–Crippen LogP) is 2.60. The van der Waals surface area contributed by atoms with Gasteiger partial charge >= 0.3 is 6.03 Å². The van der Waals surface area contributed by atoms with Gasteiger partial charge in [-0.3, -0.25) is 0 Å². The van der Waals surface area contributed by atoms with E-state index in [-0.39, 0.29) is 12.1 Å². The molecule has 2 N–H and O–H groups in total. The Bertz CT molecular complexity index is 679. The lowest BCUT2D eigenvalue weighted by molar-refractivity contribution is 0.234. The van der Waals surface area contributed by atoms with Crippen molar-refractivity contribution >= 4 is 6.03 Å². The molecule has 2 amide bonds. The van der Waals surface area contributed by atoms with E-state index >= 15 is 0 Å². The number of carbonyl (C=O) groups is 1. The predicted molar refractivity (Wildman–Crippen MR) is 90.7 cm³/mol. The molecular formula is C17H24N6O. The molecule has 1 fully saturated rings. The van der Waals surface area contributed by atoms with Gasteiger partial charge in [0, 0.05) is 6.54 Å². The van der Waals surface area contributed by atoms with Crippen LogP contribution in [0.2, 0.25) is 0 Å². The van der Waals surface area contributed by atoms with Gasteiger partial charge in [-0.1, -0.05) is 31.5 Å². The molecule has 1 aromatic heterocycles. The number of benzene rings is 1. The molecule has 1 aromatic carbocycles. The summed E-state index contributed by atoms with van der Waals surface area (Å²) < 4.78 is 1.64. The fourth-order valence-electron chi connectivity index (χ4n) is 3.02. The number of hydrogen-bond acceptors (Lipinski definition) is 4. The van der Waals surface area contributed by atoms with Crippen LogP contribution < -0.4 is 10.6 Å². The molecule has 1 atom stereocenters. The summed E-state index contributed by atoms with van der Waals surface area (Å²) in [6, 6.07) is 9.17. The minimum atomic E-state index is -0.290. The van der Waals surface area contributed by atoms with Gasteiger partial charge < -0.3 is 10.6 Å². The van der Waals surface area contributed by atoms with Gasteiger partial charge in [0.05, 0.1) is 11.7 Å². The normalized spacial score (nSPS) is 16.4. The van der Waals surface area contributed by atoms with Gasteiger partial charge in [-0.2, -0.15) is 4.68 Å². The highest BCUT2D eigenvalue weighted by atomic mass is 16.2. The SMILES string of the molecule is CCCC1(CNC(=O)N[C@H](C)c2nnnn2-c2ccccc2)CC1. The summed E-state index contributed by atoms with van der Waals surface area (Å²) in [7, 11) is 0. The van der Waals surface area contributed by atoms with Crippen LogP contribution in [0.5, 0.6) is 0 Å². The number of urea groups is 1. The maximum atomic E-state index is 12.2. The molecule has 7 nitrogen and oxygen atoms in total. The average Bonchev–Trinajstić information content (AvgIpc) is 3.18. The maximum absolute atomic E-state index is 12.2. The van der Waals surface area contributed by atoms with E-state index in [1.165, 1.54) is 19.3 Å². The Kier molecular flexibility index (Phi) is 4.78. The molecule has 0 spiro atoms. The molecule has 2 aromatic rings. The Labute approximate surface area is 141 Å². The van der Waals surface area contributed by atoms with Crippen molar-refractivity contribution in [2.75, 3.05) is 6.54 Å². The van der Waals surface area contributed by atoms with Crippen molar-refractivity contribution in [1.29, 1.82) is 0 Å². The molecule has 0 radical (unpaired) electrons. The van der Waals surface area contributed by atoms with E-state index in [2.05, 4.69) is 33.1 Å². The van der Waals surface area contributed by atoms with Gasteiger partial charge in [0.1, 0.15) is 0 Å². The van der Waals surface area contributed by atoms with E-state index in [0.29, 0.717) is 11.2 Å². The highest BCUT2D eigenvalue weighted by Gasteiger charge is 2.41. The standard InChI is InChI=1S/C17H24N6O/c1-3-9-17(10-11-17)12-18-16(24)19-13(2)15-20-21-22-23(15)14-7-5-4-6-8-14/h4-8,13H,3,9-12H2,1-2H3,(H2,18,19,24)/t13-/m1/s1. The Morgan fingerprint density at radius 3 is 2.75 bits per heavy atom. The molecule has 1 aliphatic carbocycles. The summed E-state index contributed by atoms with van der Waals surface area (Å²) in [6.07, 6.45) is 4.76. The van der Waals surface area contributed by atoms with Gasteiger partial charge in [0.15, 0.2) is 5.82 Å². The average molecular weight is 328 g/mol. The molecule has 24 heavy (non-hydrogen) atoms. The summed E-state index contributed by atoms with van der Waals surface area (Å²) in [6.45, 7) is 4.80. The molecule has 0 saturated heterocycles. The third-order valence-electron chi connectivity index (χ3n) is 4.59. The van der Waals surface area contributed by atoms with Crippen LogP contribution in [0.3, 0.4) is 0 Å². The van der Waals surface area contributed by atoms with Gasteiger partial charge in [-0.05, 0) is 54.2 Å². The van der Waals surface area contributed by atoms with E-state index in [1.807, 2.05) is 37.3 Å². The summed E-state index contributed by atoms with van der Waals surface area (Å²) in [4.78, 5) is 12.2. The minimum Gasteiger partial charge on any atom is -0.338 e. The summed E-state index contributed by atoms with van der Waals surface area (Å²) in [5, 5.41) is 17.7. The lowest BCUT2D eigenvalue weighted by atomic mass is 10.0. The molecule has 1 saturated carbocycles. The second-order valence-corrected chi connectivity index (χ2v) is 6.58. The molecule has 1 aliphatic rings. The largest absolute Gasteiger partial charge is 0.338 e. The number of tetrazole rings is 1. The van der Waals surface area contributed by atoms with Gasteiger partial charge in [-0.15, -0.1) is 5.10 Å². The van der Waals surface area contributed by atoms with E-state index in [4.69, 9.17) is 0 Å². The van der Waals surface area contributed by atoms with Gasteiger partial charge in [0.2, 0.25) is 0 Å². The summed E-state index contributed by atoms with van der Waals surface area (Å²) in [5.41, 5.74) is 1.20. The van der Waals surface area contributed by atoms with Crippen LogP contribution >= 0.6 is 0 Å². The lowest BCUT2D eigenvalue weighted by Crippen LogP contribution is -2.40. The molecule has 7 heteroatoms. The van der Waals surface area contributed by atoms with Crippen LogP contribution in [-0.4, -0.2) is 32.8 Å². The van der Waals surface area contributed by atoms with Gasteiger partial charge in [0.25, 0.3) is 0 Å². The molecule has 0 unspecified atom stereocenters. The number of para-hydroxylation sites is 1. The zero-order chi connectivity index (χ0) is 17.0. The monoisotopic (exact) mass is 328 g/mol. The molecular weight excluding hydrogens is 304 g/mol. The Morgan fingerprint density at radius 1 is 1.33 bits per heavy atom. The second-order valence-electron chi connectivity index (χ2n) is 6.58. The quantitative estimate of drug-likeness (QED) is 0.818.